The van der Waals surface area contributed by atoms with Crippen molar-refractivity contribution in [1.29, 1.82) is 0 Å². The summed E-state index contributed by atoms with van der Waals surface area (Å²) in [7, 11) is 0. The van der Waals surface area contributed by atoms with Crippen LogP contribution in [0, 0.1) is 11.8 Å². The summed E-state index contributed by atoms with van der Waals surface area (Å²) in [5.74, 6) is -2.65. The average molecular weight is 288 g/mol. The first-order chi connectivity index (χ1) is 9.41. The molecule has 20 heavy (non-hydrogen) atoms. The van der Waals surface area contributed by atoms with E-state index in [-0.39, 0.29) is 18.6 Å². The first-order valence-electron chi connectivity index (χ1n) is 7.02. The maximum absolute atomic E-state index is 13.0. The van der Waals surface area contributed by atoms with Gasteiger partial charge in [0.15, 0.2) is 0 Å². The van der Waals surface area contributed by atoms with Crippen molar-refractivity contribution in [2.24, 2.45) is 11.8 Å². The molecule has 2 atom stereocenters. The van der Waals surface area contributed by atoms with Crippen LogP contribution < -0.4 is 0 Å². The van der Waals surface area contributed by atoms with Gasteiger partial charge in [0, 0.05) is 25.1 Å². The van der Waals surface area contributed by atoms with Crippen LogP contribution in [0.3, 0.4) is 0 Å². The number of hydrogen-bond donors (Lipinski definition) is 0. The molecule has 0 N–H and O–H groups in total. The maximum Gasteiger partial charge on any atom is 0.392 e. The summed E-state index contributed by atoms with van der Waals surface area (Å²) in [5, 5.41) is 4.04. The Kier molecular flexibility index (Phi) is 4.50. The Balaban J connectivity index is 2.06. The molecular formula is C14H19F3N2O. The molecule has 1 heterocycles. The van der Waals surface area contributed by atoms with Crippen molar-refractivity contribution in [2.75, 3.05) is 0 Å². The Morgan fingerprint density at radius 1 is 1.40 bits per heavy atom. The van der Waals surface area contributed by atoms with Gasteiger partial charge in [0.1, 0.15) is 5.78 Å². The molecule has 0 radical (unpaired) electrons. The Hall–Kier alpha value is -1.33. The number of Topliss-reactive ketones (excluding diaryl/α,β-unsaturated/α-hetero) is 1. The molecule has 112 valence electrons. The van der Waals surface area contributed by atoms with E-state index >= 15 is 0 Å². The van der Waals surface area contributed by atoms with E-state index in [1.54, 1.807) is 17.1 Å². The molecule has 0 aromatic carbocycles. The quantitative estimate of drug-likeness (QED) is 0.851. The number of ketones is 1. The zero-order valence-corrected chi connectivity index (χ0v) is 11.5. The summed E-state index contributed by atoms with van der Waals surface area (Å²) in [5.41, 5.74) is 0.698. The minimum Gasteiger partial charge on any atom is -0.299 e. The largest absolute Gasteiger partial charge is 0.392 e. The lowest BCUT2D eigenvalue weighted by molar-refractivity contribution is -0.197. The van der Waals surface area contributed by atoms with Gasteiger partial charge in [-0.15, -0.1) is 0 Å². The van der Waals surface area contributed by atoms with Crippen LogP contribution in [0.2, 0.25) is 0 Å². The molecule has 0 aliphatic heterocycles. The molecule has 6 heteroatoms. The van der Waals surface area contributed by atoms with E-state index in [1.165, 1.54) is 0 Å². The molecule has 1 aliphatic carbocycles. The van der Waals surface area contributed by atoms with Gasteiger partial charge in [0.25, 0.3) is 0 Å². The van der Waals surface area contributed by atoms with Crippen LogP contribution in [0.25, 0.3) is 0 Å². The molecule has 1 fully saturated rings. The van der Waals surface area contributed by atoms with Crippen molar-refractivity contribution in [3.63, 3.8) is 0 Å². The number of aromatic nitrogens is 2. The van der Waals surface area contributed by atoms with Gasteiger partial charge in [0.05, 0.1) is 12.1 Å². The molecule has 0 saturated heterocycles. The highest BCUT2D eigenvalue weighted by molar-refractivity contribution is 5.83. The van der Waals surface area contributed by atoms with Crippen LogP contribution in [-0.4, -0.2) is 21.7 Å². The van der Waals surface area contributed by atoms with Crippen molar-refractivity contribution in [1.82, 2.24) is 9.78 Å². The Bertz CT molecular complexity index is 467. The fourth-order valence-corrected chi connectivity index (χ4v) is 2.91. The van der Waals surface area contributed by atoms with Crippen LogP contribution >= 0.6 is 0 Å². The number of aryl methyl sites for hydroxylation is 1. The van der Waals surface area contributed by atoms with Gasteiger partial charge in [-0.2, -0.15) is 18.3 Å². The fourth-order valence-electron chi connectivity index (χ4n) is 2.91. The van der Waals surface area contributed by atoms with E-state index in [1.807, 2.05) is 6.92 Å². The predicted octanol–water partition coefficient (Wildman–Crippen LogP) is 3.38. The Morgan fingerprint density at radius 3 is 2.70 bits per heavy atom. The van der Waals surface area contributed by atoms with Gasteiger partial charge in [-0.1, -0.05) is 12.8 Å². The van der Waals surface area contributed by atoms with Gasteiger partial charge in [-0.05, 0) is 25.3 Å². The third kappa shape index (κ3) is 3.41. The summed E-state index contributed by atoms with van der Waals surface area (Å²) >= 11 is 0. The van der Waals surface area contributed by atoms with Gasteiger partial charge >= 0.3 is 6.18 Å². The smallest absolute Gasteiger partial charge is 0.299 e. The molecule has 0 amide bonds. The summed E-state index contributed by atoms with van der Waals surface area (Å²) < 4.78 is 40.6. The van der Waals surface area contributed by atoms with Crippen molar-refractivity contribution in [3.05, 3.63) is 18.0 Å². The van der Waals surface area contributed by atoms with Crippen molar-refractivity contribution in [2.45, 2.75) is 51.7 Å². The molecule has 1 aromatic rings. The second kappa shape index (κ2) is 5.97. The van der Waals surface area contributed by atoms with E-state index in [0.717, 1.165) is 0 Å². The first-order valence-corrected chi connectivity index (χ1v) is 7.02. The summed E-state index contributed by atoms with van der Waals surface area (Å²) in [4.78, 5) is 12.2. The van der Waals surface area contributed by atoms with Crippen LogP contribution in [0.15, 0.2) is 12.4 Å². The highest BCUT2D eigenvalue weighted by Crippen LogP contribution is 2.42. The number of hydrogen-bond acceptors (Lipinski definition) is 2. The minimum absolute atomic E-state index is 0.0528. The fraction of sp³-hybridized carbons (Fsp3) is 0.714. The summed E-state index contributed by atoms with van der Waals surface area (Å²) in [6.07, 6.45) is 0.764. The standard InChI is InChI=1S/C14H19F3N2O/c1-2-19-9-10(8-18-19)7-13(20)11-5-3-4-6-12(11)14(15,16)17/h8-9,11-12H,2-7H2,1H3. The molecule has 1 aliphatic rings. The Labute approximate surface area is 116 Å². The monoisotopic (exact) mass is 288 g/mol. The number of halogens is 3. The van der Waals surface area contributed by atoms with Crippen LogP contribution in [0.5, 0.6) is 0 Å². The third-order valence-corrected chi connectivity index (χ3v) is 3.99. The highest BCUT2D eigenvalue weighted by atomic mass is 19.4. The summed E-state index contributed by atoms with van der Waals surface area (Å²) in [6.45, 7) is 2.60. The van der Waals surface area contributed by atoms with Gasteiger partial charge in [-0.3, -0.25) is 9.48 Å². The molecule has 1 aromatic heterocycles. The highest BCUT2D eigenvalue weighted by Gasteiger charge is 2.47. The first kappa shape index (κ1) is 15.1. The van der Waals surface area contributed by atoms with E-state index in [4.69, 9.17) is 0 Å². The number of carbonyl (C=O) groups excluding carboxylic acids is 1. The zero-order chi connectivity index (χ0) is 14.8. The number of carbonyl (C=O) groups is 1. The van der Waals surface area contributed by atoms with Crippen molar-refractivity contribution >= 4 is 5.78 Å². The van der Waals surface area contributed by atoms with Gasteiger partial charge in [-0.25, -0.2) is 0 Å². The van der Waals surface area contributed by atoms with Crippen molar-refractivity contribution in [3.8, 4) is 0 Å². The molecule has 1 saturated carbocycles. The van der Waals surface area contributed by atoms with Crippen LogP contribution in [0.1, 0.15) is 38.2 Å². The number of alkyl halides is 3. The Morgan fingerprint density at radius 2 is 2.10 bits per heavy atom. The molecular weight excluding hydrogens is 269 g/mol. The van der Waals surface area contributed by atoms with Crippen molar-refractivity contribution < 1.29 is 18.0 Å². The summed E-state index contributed by atoms with van der Waals surface area (Å²) in [6, 6.07) is 0. The average Bonchev–Trinajstić information content (AvgIpc) is 2.85. The van der Waals surface area contributed by atoms with Gasteiger partial charge < -0.3 is 0 Å². The third-order valence-electron chi connectivity index (χ3n) is 3.99. The lowest BCUT2D eigenvalue weighted by Crippen LogP contribution is -2.37. The van der Waals surface area contributed by atoms with Gasteiger partial charge in [0.2, 0.25) is 0 Å². The molecule has 2 rings (SSSR count). The van der Waals surface area contributed by atoms with E-state index in [0.29, 0.717) is 31.4 Å². The second-order valence-electron chi connectivity index (χ2n) is 5.39. The zero-order valence-electron chi connectivity index (χ0n) is 11.5. The van der Waals surface area contributed by atoms with E-state index in [2.05, 4.69) is 5.10 Å². The van der Waals surface area contributed by atoms with Crippen LogP contribution in [0.4, 0.5) is 13.2 Å². The normalized spacial score (nSPS) is 23.8. The lowest BCUT2D eigenvalue weighted by atomic mass is 9.75. The molecule has 2 unspecified atom stereocenters. The maximum atomic E-state index is 13.0. The van der Waals surface area contributed by atoms with E-state index < -0.39 is 18.0 Å². The molecule has 3 nitrogen and oxygen atoms in total. The SMILES string of the molecule is CCn1cc(CC(=O)C2CCCCC2C(F)(F)F)cn1. The second-order valence-corrected chi connectivity index (χ2v) is 5.39. The lowest BCUT2D eigenvalue weighted by Gasteiger charge is -2.31. The van der Waals surface area contributed by atoms with E-state index in [9.17, 15) is 18.0 Å². The number of nitrogens with zero attached hydrogens (tertiary/aromatic N) is 2. The number of rotatable bonds is 4. The van der Waals surface area contributed by atoms with Crippen LogP contribution in [-0.2, 0) is 17.8 Å². The predicted molar refractivity (Wildman–Crippen MR) is 68.1 cm³/mol. The molecule has 0 spiro atoms. The minimum atomic E-state index is -4.27. The topological polar surface area (TPSA) is 34.9 Å². The molecule has 0 bridgehead atoms.